The van der Waals surface area contributed by atoms with Gasteiger partial charge in [-0.25, -0.2) is 4.98 Å². The summed E-state index contributed by atoms with van der Waals surface area (Å²) in [7, 11) is 0. The zero-order valence-electron chi connectivity index (χ0n) is 10.7. The lowest BCUT2D eigenvalue weighted by Crippen LogP contribution is -2.32. The Hall–Kier alpha value is -0.120. The van der Waals surface area contributed by atoms with Crippen LogP contribution in [-0.2, 0) is 11.3 Å². The van der Waals surface area contributed by atoms with Crippen molar-refractivity contribution in [3.63, 3.8) is 0 Å². The SMILES string of the molecule is CC1CC(OCc2cnc(Cl)s2)CC(C)(C)C1. The lowest BCUT2D eigenvalue weighted by Gasteiger charge is -2.38. The number of rotatable bonds is 3. The monoisotopic (exact) mass is 273 g/mol. The van der Waals surface area contributed by atoms with E-state index in [0.717, 1.165) is 17.2 Å². The van der Waals surface area contributed by atoms with E-state index in [4.69, 9.17) is 16.3 Å². The van der Waals surface area contributed by atoms with E-state index in [1.54, 1.807) is 0 Å². The third-order valence-corrected chi connectivity index (χ3v) is 4.42. The van der Waals surface area contributed by atoms with Crippen LogP contribution >= 0.6 is 22.9 Å². The smallest absolute Gasteiger partial charge is 0.183 e. The normalized spacial score (nSPS) is 28.2. The first-order valence-corrected chi connectivity index (χ1v) is 7.36. The van der Waals surface area contributed by atoms with Crippen molar-refractivity contribution in [2.24, 2.45) is 11.3 Å². The predicted octanol–water partition coefficient (Wildman–Crippen LogP) is 4.53. The second-order valence-corrected chi connectivity index (χ2v) is 7.62. The summed E-state index contributed by atoms with van der Waals surface area (Å²) in [5.41, 5.74) is 0.410. The average Bonchev–Trinajstić information content (AvgIpc) is 2.58. The van der Waals surface area contributed by atoms with Gasteiger partial charge in [0.05, 0.1) is 17.6 Å². The third kappa shape index (κ3) is 3.94. The number of thiazole rings is 1. The van der Waals surface area contributed by atoms with Crippen LogP contribution in [0.2, 0.25) is 4.47 Å². The molecule has 2 unspecified atom stereocenters. The fraction of sp³-hybridized carbons (Fsp3) is 0.769. The van der Waals surface area contributed by atoms with Crippen molar-refractivity contribution in [1.29, 1.82) is 0 Å². The summed E-state index contributed by atoms with van der Waals surface area (Å²) in [6.45, 7) is 7.64. The van der Waals surface area contributed by atoms with Gasteiger partial charge in [0.1, 0.15) is 0 Å². The van der Waals surface area contributed by atoms with E-state index in [1.165, 1.54) is 24.2 Å². The topological polar surface area (TPSA) is 22.1 Å². The molecule has 0 amide bonds. The molecule has 0 N–H and O–H groups in total. The van der Waals surface area contributed by atoms with Crippen molar-refractivity contribution >= 4 is 22.9 Å². The zero-order chi connectivity index (χ0) is 12.5. The van der Waals surface area contributed by atoms with Crippen LogP contribution in [0.4, 0.5) is 0 Å². The van der Waals surface area contributed by atoms with Crippen LogP contribution in [-0.4, -0.2) is 11.1 Å². The van der Waals surface area contributed by atoms with Crippen LogP contribution in [0.3, 0.4) is 0 Å². The Morgan fingerprint density at radius 1 is 1.53 bits per heavy atom. The van der Waals surface area contributed by atoms with Crippen molar-refractivity contribution in [1.82, 2.24) is 4.98 Å². The molecule has 17 heavy (non-hydrogen) atoms. The van der Waals surface area contributed by atoms with E-state index in [1.807, 2.05) is 6.20 Å². The lowest BCUT2D eigenvalue weighted by molar-refractivity contribution is -0.0307. The van der Waals surface area contributed by atoms with Gasteiger partial charge >= 0.3 is 0 Å². The molecule has 1 aliphatic rings. The summed E-state index contributed by atoms with van der Waals surface area (Å²) in [6, 6.07) is 0. The van der Waals surface area contributed by atoms with Gasteiger partial charge in [0.2, 0.25) is 0 Å². The Bertz CT molecular complexity index is 377. The standard InChI is InChI=1S/C13H20ClNOS/c1-9-4-10(6-13(2,3)5-9)16-8-11-7-15-12(14)17-11/h7,9-10H,4-6,8H2,1-3H3. The van der Waals surface area contributed by atoms with Crippen LogP contribution in [0, 0.1) is 11.3 Å². The number of hydrogen-bond acceptors (Lipinski definition) is 3. The molecule has 0 saturated heterocycles. The van der Waals surface area contributed by atoms with E-state index < -0.39 is 0 Å². The molecule has 2 nitrogen and oxygen atoms in total. The number of ether oxygens (including phenoxy) is 1. The molecule has 1 saturated carbocycles. The quantitative estimate of drug-likeness (QED) is 0.807. The molecule has 2 atom stereocenters. The van der Waals surface area contributed by atoms with Gasteiger partial charge in [-0.3, -0.25) is 0 Å². The minimum absolute atomic E-state index is 0.384. The minimum Gasteiger partial charge on any atom is -0.373 e. The van der Waals surface area contributed by atoms with Crippen LogP contribution in [0.15, 0.2) is 6.20 Å². The van der Waals surface area contributed by atoms with E-state index in [-0.39, 0.29) is 0 Å². The Labute approximate surface area is 112 Å². The van der Waals surface area contributed by atoms with Gasteiger partial charge in [0.25, 0.3) is 0 Å². The molecule has 0 radical (unpaired) electrons. The van der Waals surface area contributed by atoms with E-state index in [2.05, 4.69) is 25.8 Å². The molecular formula is C13H20ClNOS. The summed E-state index contributed by atoms with van der Waals surface area (Å²) < 4.78 is 6.60. The molecule has 4 heteroatoms. The van der Waals surface area contributed by atoms with E-state index in [9.17, 15) is 0 Å². The fourth-order valence-electron chi connectivity index (χ4n) is 2.94. The molecule has 0 aliphatic heterocycles. The largest absolute Gasteiger partial charge is 0.373 e. The highest BCUT2D eigenvalue weighted by Gasteiger charge is 2.32. The highest BCUT2D eigenvalue weighted by molar-refractivity contribution is 7.15. The van der Waals surface area contributed by atoms with Crippen molar-refractivity contribution in [3.05, 3.63) is 15.5 Å². The van der Waals surface area contributed by atoms with Gasteiger partial charge in [0, 0.05) is 6.20 Å². The summed E-state index contributed by atoms with van der Waals surface area (Å²) in [6.07, 6.45) is 5.83. The molecule has 1 aromatic heterocycles. The second kappa shape index (κ2) is 5.25. The summed E-state index contributed by atoms with van der Waals surface area (Å²) in [4.78, 5) is 5.14. The van der Waals surface area contributed by atoms with Crippen molar-refractivity contribution in [3.8, 4) is 0 Å². The summed E-state index contributed by atoms with van der Waals surface area (Å²) in [5, 5.41) is 0. The average molecular weight is 274 g/mol. The molecular weight excluding hydrogens is 254 g/mol. The maximum absolute atomic E-state index is 6.00. The maximum atomic E-state index is 6.00. The molecule has 1 aliphatic carbocycles. The number of aromatic nitrogens is 1. The third-order valence-electron chi connectivity index (χ3n) is 3.33. The lowest BCUT2D eigenvalue weighted by atomic mass is 9.71. The van der Waals surface area contributed by atoms with Crippen molar-refractivity contribution < 1.29 is 4.74 Å². The van der Waals surface area contributed by atoms with Gasteiger partial charge in [-0.1, -0.05) is 32.4 Å². The minimum atomic E-state index is 0.384. The van der Waals surface area contributed by atoms with Gasteiger partial charge in [-0.15, -0.1) is 11.3 Å². The number of halogens is 1. The van der Waals surface area contributed by atoms with Crippen molar-refractivity contribution in [2.45, 2.75) is 52.7 Å². The Kier molecular flexibility index (Phi) is 4.11. The molecule has 2 rings (SSSR count). The van der Waals surface area contributed by atoms with Gasteiger partial charge in [0.15, 0.2) is 4.47 Å². The summed E-state index contributed by atoms with van der Waals surface area (Å²) >= 11 is 7.31. The zero-order valence-corrected chi connectivity index (χ0v) is 12.3. The number of nitrogens with zero attached hydrogens (tertiary/aromatic N) is 1. The molecule has 0 bridgehead atoms. The highest BCUT2D eigenvalue weighted by Crippen LogP contribution is 2.40. The van der Waals surface area contributed by atoms with E-state index in [0.29, 0.717) is 22.6 Å². The first-order valence-electron chi connectivity index (χ1n) is 6.16. The molecule has 1 aromatic rings. The number of hydrogen-bond donors (Lipinski definition) is 0. The molecule has 1 heterocycles. The Balaban J connectivity index is 1.86. The molecule has 0 spiro atoms. The van der Waals surface area contributed by atoms with Crippen molar-refractivity contribution in [2.75, 3.05) is 0 Å². The Morgan fingerprint density at radius 3 is 2.88 bits per heavy atom. The highest BCUT2D eigenvalue weighted by atomic mass is 35.5. The molecule has 1 fully saturated rings. The van der Waals surface area contributed by atoms with Crippen LogP contribution < -0.4 is 0 Å². The Morgan fingerprint density at radius 2 is 2.29 bits per heavy atom. The van der Waals surface area contributed by atoms with Crippen LogP contribution in [0.1, 0.15) is 44.9 Å². The van der Waals surface area contributed by atoms with Gasteiger partial charge in [-0.2, -0.15) is 0 Å². The summed E-state index contributed by atoms with van der Waals surface area (Å²) in [5.74, 6) is 0.758. The van der Waals surface area contributed by atoms with E-state index >= 15 is 0 Å². The van der Waals surface area contributed by atoms with Gasteiger partial charge < -0.3 is 4.74 Å². The molecule has 0 aromatic carbocycles. The second-order valence-electron chi connectivity index (χ2n) is 5.93. The molecule has 96 valence electrons. The first-order chi connectivity index (χ1) is 7.94. The predicted molar refractivity (Wildman–Crippen MR) is 72.5 cm³/mol. The first kappa shape index (κ1) is 13.3. The van der Waals surface area contributed by atoms with Gasteiger partial charge in [-0.05, 0) is 30.6 Å². The van der Waals surface area contributed by atoms with Crippen LogP contribution in [0.5, 0.6) is 0 Å². The fourth-order valence-corrected chi connectivity index (χ4v) is 3.84. The van der Waals surface area contributed by atoms with Crippen LogP contribution in [0.25, 0.3) is 0 Å². The maximum Gasteiger partial charge on any atom is 0.183 e.